The van der Waals surface area contributed by atoms with E-state index in [4.69, 9.17) is 5.73 Å². The Morgan fingerprint density at radius 3 is 1.93 bits per heavy atom. The summed E-state index contributed by atoms with van der Waals surface area (Å²) in [7, 11) is 0. The topological polar surface area (TPSA) is 26.0 Å². The number of hydrogen-bond acceptors (Lipinski definition) is 1. The Bertz CT molecular complexity index is 318. The van der Waals surface area contributed by atoms with Crippen molar-refractivity contribution in [2.24, 2.45) is 5.73 Å². The molecule has 0 saturated heterocycles. The highest BCUT2D eigenvalue weighted by atomic mass is 79.9. The number of nitrogens with two attached hydrogens (primary N) is 1. The van der Waals surface area contributed by atoms with Crippen molar-refractivity contribution in [2.45, 2.75) is 12.2 Å². The van der Waals surface area contributed by atoms with Gasteiger partial charge in [-0.1, -0.05) is 37.9 Å². The molecule has 0 amide bonds. The Hall–Kier alpha value is -0.0700. The number of rotatable bonds is 1. The molecule has 0 aliphatic carbocycles. The molecule has 0 aromatic heterocycles. The number of alkyl halides is 3. The van der Waals surface area contributed by atoms with Gasteiger partial charge in [0.2, 0.25) is 0 Å². The summed E-state index contributed by atoms with van der Waals surface area (Å²) in [6.07, 6.45) is -4.44. The lowest BCUT2D eigenvalue weighted by Gasteiger charge is -2.18. The third kappa shape index (κ3) is 2.49. The first-order valence-electron chi connectivity index (χ1n) is 3.60. The van der Waals surface area contributed by atoms with Crippen LogP contribution in [-0.2, 0) is 0 Å². The lowest BCUT2D eigenvalue weighted by molar-refractivity contribution is -0.149. The van der Waals surface area contributed by atoms with Gasteiger partial charge in [0, 0.05) is 14.5 Å². The Morgan fingerprint density at radius 1 is 1.14 bits per heavy atom. The molecule has 0 radical (unpaired) electrons. The molecule has 1 rings (SSSR count). The van der Waals surface area contributed by atoms with Crippen LogP contribution in [0, 0.1) is 0 Å². The molecule has 0 fully saturated rings. The number of benzene rings is 1. The highest BCUT2D eigenvalue weighted by Crippen LogP contribution is 2.38. The quantitative estimate of drug-likeness (QED) is 0.832. The maximum atomic E-state index is 12.3. The van der Waals surface area contributed by atoms with Crippen LogP contribution in [-0.4, -0.2) is 6.18 Å². The lowest BCUT2D eigenvalue weighted by Crippen LogP contribution is -2.29. The number of hydrogen-bond donors (Lipinski definition) is 1. The van der Waals surface area contributed by atoms with Gasteiger partial charge >= 0.3 is 6.18 Å². The molecule has 14 heavy (non-hydrogen) atoms. The molecule has 1 nitrogen and oxygen atoms in total. The van der Waals surface area contributed by atoms with Crippen molar-refractivity contribution < 1.29 is 13.2 Å². The maximum absolute atomic E-state index is 12.3. The van der Waals surface area contributed by atoms with Crippen molar-refractivity contribution in [3.05, 3.63) is 32.7 Å². The van der Waals surface area contributed by atoms with Crippen LogP contribution in [0.3, 0.4) is 0 Å². The minimum absolute atomic E-state index is 0.0139. The van der Waals surface area contributed by atoms with Gasteiger partial charge in [-0.2, -0.15) is 13.2 Å². The molecular formula is C8H6Br2F3N. The minimum atomic E-state index is -4.44. The predicted molar refractivity (Wildman–Crippen MR) is 54.8 cm³/mol. The van der Waals surface area contributed by atoms with Crippen LogP contribution in [0.5, 0.6) is 0 Å². The summed E-state index contributed by atoms with van der Waals surface area (Å²) in [5.74, 6) is 0. The molecular weight excluding hydrogens is 327 g/mol. The van der Waals surface area contributed by atoms with Crippen LogP contribution in [0.4, 0.5) is 13.2 Å². The zero-order chi connectivity index (χ0) is 10.9. The summed E-state index contributed by atoms with van der Waals surface area (Å²) >= 11 is 6.06. The molecule has 0 aliphatic rings. The lowest BCUT2D eigenvalue weighted by atomic mass is 10.1. The third-order valence-corrected chi connectivity index (χ3v) is 3.05. The van der Waals surface area contributed by atoms with Crippen LogP contribution >= 0.6 is 31.9 Å². The summed E-state index contributed by atoms with van der Waals surface area (Å²) < 4.78 is 37.7. The Balaban J connectivity index is 3.19. The van der Waals surface area contributed by atoms with E-state index in [0.29, 0.717) is 8.95 Å². The molecule has 6 heteroatoms. The minimum Gasteiger partial charge on any atom is -0.316 e. The Morgan fingerprint density at radius 2 is 1.57 bits per heavy atom. The predicted octanol–water partition coefficient (Wildman–Crippen LogP) is 3.77. The molecule has 1 aromatic rings. The van der Waals surface area contributed by atoms with E-state index in [1.54, 1.807) is 6.07 Å². The smallest absolute Gasteiger partial charge is 0.316 e. The second kappa shape index (κ2) is 4.20. The van der Waals surface area contributed by atoms with E-state index in [1.165, 1.54) is 12.1 Å². The van der Waals surface area contributed by atoms with Crippen molar-refractivity contribution in [3.63, 3.8) is 0 Å². The van der Waals surface area contributed by atoms with Gasteiger partial charge in [0.05, 0.1) is 0 Å². The van der Waals surface area contributed by atoms with Gasteiger partial charge in [0.1, 0.15) is 6.04 Å². The molecule has 0 bridgehead atoms. The van der Waals surface area contributed by atoms with E-state index in [2.05, 4.69) is 31.9 Å². The van der Waals surface area contributed by atoms with E-state index >= 15 is 0 Å². The largest absolute Gasteiger partial charge is 0.407 e. The molecule has 0 saturated carbocycles. The second-order valence-electron chi connectivity index (χ2n) is 2.65. The van der Waals surface area contributed by atoms with Crippen LogP contribution in [0.25, 0.3) is 0 Å². The highest BCUT2D eigenvalue weighted by Gasteiger charge is 2.39. The van der Waals surface area contributed by atoms with Crippen molar-refractivity contribution in [1.29, 1.82) is 0 Å². The molecule has 1 aromatic carbocycles. The monoisotopic (exact) mass is 331 g/mol. The van der Waals surface area contributed by atoms with E-state index in [1.807, 2.05) is 0 Å². The molecule has 2 N–H and O–H groups in total. The van der Waals surface area contributed by atoms with Crippen molar-refractivity contribution in [2.75, 3.05) is 0 Å². The summed E-state index contributed by atoms with van der Waals surface area (Å²) in [5, 5.41) is 0. The van der Waals surface area contributed by atoms with Gasteiger partial charge in [0.15, 0.2) is 0 Å². The zero-order valence-electron chi connectivity index (χ0n) is 6.78. The average Bonchev–Trinajstić information content (AvgIpc) is 2.01. The van der Waals surface area contributed by atoms with Gasteiger partial charge in [0.25, 0.3) is 0 Å². The molecule has 0 aliphatic heterocycles. The highest BCUT2D eigenvalue weighted by molar-refractivity contribution is 9.11. The third-order valence-electron chi connectivity index (χ3n) is 1.66. The molecule has 0 heterocycles. The summed E-state index contributed by atoms with van der Waals surface area (Å²) in [5.41, 5.74) is 5.10. The van der Waals surface area contributed by atoms with Gasteiger partial charge in [-0.25, -0.2) is 0 Å². The van der Waals surface area contributed by atoms with Gasteiger partial charge in [-0.3, -0.25) is 0 Å². The van der Waals surface area contributed by atoms with E-state index < -0.39 is 12.2 Å². The normalized spacial score (nSPS) is 14.1. The van der Waals surface area contributed by atoms with Crippen LogP contribution < -0.4 is 5.73 Å². The first kappa shape index (κ1) is 12.0. The fraction of sp³-hybridized carbons (Fsp3) is 0.250. The molecule has 78 valence electrons. The van der Waals surface area contributed by atoms with E-state index in [0.717, 1.165) is 0 Å². The first-order valence-corrected chi connectivity index (χ1v) is 5.19. The fourth-order valence-corrected chi connectivity index (χ4v) is 2.46. The Kier molecular flexibility index (Phi) is 3.60. The fourth-order valence-electron chi connectivity index (χ4n) is 0.971. The van der Waals surface area contributed by atoms with Crippen molar-refractivity contribution >= 4 is 31.9 Å². The first-order chi connectivity index (χ1) is 6.34. The van der Waals surface area contributed by atoms with Crippen LogP contribution in [0.1, 0.15) is 11.6 Å². The molecule has 0 spiro atoms. The number of halogens is 5. The van der Waals surface area contributed by atoms with E-state index in [9.17, 15) is 13.2 Å². The van der Waals surface area contributed by atoms with Crippen LogP contribution in [0.2, 0.25) is 0 Å². The second-order valence-corrected chi connectivity index (χ2v) is 4.36. The van der Waals surface area contributed by atoms with Gasteiger partial charge in [-0.05, 0) is 12.1 Å². The molecule has 0 unspecified atom stereocenters. The van der Waals surface area contributed by atoms with Crippen molar-refractivity contribution in [3.8, 4) is 0 Å². The Labute approximate surface area is 95.7 Å². The van der Waals surface area contributed by atoms with Gasteiger partial charge < -0.3 is 5.73 Å². The maximum Gasteiger partial charge on any atom is 0.407 e. The molecule has 1 atom stereocenters. The van der Waals surface area contributed by atoms with Crippen molar-refractivity contribution in [1.82, 2.24) is 0 Å². The zero-order valence-corrected chi connectivity index (χ0v) is 9.95. The SMILES string of the molecule is N[C@@H](c1c(Br)cccc1Br)C(F)(F)F. The van der Waals surface area contributed by atoms with E-state index in [-0.39, 0.29) is 5.56 Å². The summed E-state index contributed by atoms with van der Waals surface area (Å²) in [6.45, 7) is 0. The average molecular weight is 333 g/mol. The summed E-state index contributed by atoms with van der Waals surface area (Å²) in [4.78, 5) is 0. The van der Waals surface area contributed by atoms with Crippen LogP contribution in [0.15, 0.2) is 27.1 Å². The standard InChI is InChI=1S/C8H6Br2F3N/c9-4-2-1-3-5(10)6(4)7(14)8(11,12)13/h1-3,7H,14H2/t7-/m0/s1. The van der Waals surface area contributed by atoms with Gasteiger partial charge in [-0.15, -0.1) is 0 Å². The summed E-state index contributed by atoms with van der Waals surface area (Å²) in [6, 6.07) is 2.69.